The molecule has 0 unspecified atom stereocenters. The molecule has 7 nitrogen and oxygen atoms in total. The second-order valence-electron chi connectivity index (χ2n) is 6.31. The Morgan fingerprint density at radius 1 is 0.963 bits per heavy atom. The van der Waals surface area contributed by atoms with E-state index in [-0.39, 0.29) is 10.5 Å². The maximum Gasteiger partial charge on any atom is 0.337 e. The van der Waals surface area contributed by atoms with Crippen LogP contribution in [-0.2, 0) is 10.0 Å². The van der Waals surface area contributed by atoms with Gasteiger partial charge in [-0.15, -0.1) is 0 Å². The van der Waals surface area contributed by atoms with Crippen LogP contribution in [-0.4, -0.2) is 47.9 Å². The number of para-hydroxylation sites is 1. The van der Waals surface area contributed by atoms with Crippen LogP contribution in [0.4, 0.5) is 0 Å². The first kappa shape index (κ1) is 17.3. The normalized spacial score (nSPS) is 12.3. The van der Waals surface area contributed by atoms with Gasteiger partial charge < -0.3 is 5.11 Å². The highest BCUT2D eigenvalue weighted by molar-refractivity contribution is 7.89. The summed E-state index contributed by atoms with van der Waals surface area (Å²) in [5.74, 6) is -1.08. The second-order valence-corrected chi connectivity index (χ2v) is 8.46. The van der Waals surface area contributed by atoms with E-state index in [0.717, 1.165) is 4.31 Å². The summed E-state index contributed by atoms with van der Waals surface area (Å²) in [7, 11) is -0.600. The lowest BCUT2D eigenvalue weighted by Crippen LogP contribution is -2.22. The van der Waals surface area contributed by atoms with Gasteiger partial charge in [-0.3, -0.25) is 0 Å². The minimum Gasteiger partial charge on any atom is -0.478 e. The first-order chi connectivity index (χ1) is 12.8. The third-order valence-electron chi connectivity index (χ3n) is 4.43. The van der Waals surface area contributed by atoms with Crippen molar-refractivity contribution < 1.29 is 18.3 Å². The zero-order valence-corrected chi connectivity index (χ0v) is 15.4. The number of carboxylic acids is 1. The zero-order valence-electron chi connectivity index (χ0n) is 14.5. The Balaban J connectivity index is 2.05. The molecule has 136 valence electrons. The highest BCUT2D eigenvalue weighted by Gasteiger charge is 2.18. The number of sulfonamides is 1. The summed E-state index contributed by atoms with van der Waals surface area (Å²) in [5, 5.41) is 10.8. The lowest BCUT2D eigenvalue weighted by Gasteiger charge is -2.12. The van der Waals surface area contributed by atoms with E-state index in [1.54, 1.807) is 36.4 Å². The molecular weight excluding hydrogens is 366 g/mol. The number of nitrogens with zero attached hydrogens (tertiary/aromatic N) is 3. The first-order valence-electron chi connectivity index (χ1n) is 8.08. The number of hydrogen-bond donors (Lipinski definition) is 1. The zero-order chi connectivity index (χ0) is 19.3. The average molecular weight is 381 g/mol. The van der Waals surface area contributed by atoms with E-state index in [1.165, 1.54) is 26.2 Å². The number of hydrogen-bond acceptors (Lipinski definition) is 5. The van der Waals surface area contributed by atoms with Gasteiger partial charge >= 0.3 is 5.97 Å². The van der Waals surface area contributed by atoms with Crippen molar-refractivity contribution in [3.63, 3.8) is 0 Å². The van der Waals surface area contributed by atoms with E-state index in [0.29, 0.717) is 32.8 Å². The predicted molar refractivity (Wildman–Crippen MR) is 102 cm³/mol. The Hall–Kier alpha value is -3.10. The summed E-state index contributed by atoms with van der Waals surface area (Å²) >= 11 is 0. The lowest BCUT2D eigenvalue weighted by molar-refractivity contribution is 0.0699. The monoisotopic (exact) mass is 381 g/mol. The molecule has 0 radical (unpaired) electrons. The number of benzene rings is 3. The molecule has 27 heavy (non-hydrogen) atoms. The predicted octanol–water partition coefficient (Wildman–Crippen LogP) is 2.88. The summed E-state index contributed by atoms with van der Waals surface area (Å²) in [6, 6.07) is 13.1. The molecule has 0 aliphatic carbocycles. The molecule has 0 aliphatic heterocycles. The van der Waals surface area contributed by atoms with Gasteiger partial charge in [0.2, 0.25) is 10.0 Å². The summed E-state index contributed by atoms with van der Waals surface area (Å²) < 4.78 is 25.9. The van der Waals surface area contributed by atoms with Gasteiger partial charge in [-0.1, -0.05) is 18.2 Å². The molecule has 1 heterocycles. The van der Waals surface area contributed by atoms with Gasteiger partial charge in [0, 0.05) is 19.5 Å². The van der Waals surface area contributed by atoms with Crippen LogP contribution in [0, 0.1) is 0 Å². The van der Waals surface area contributed by atoms with Crippen molar-refractivity contribution >= 4 is 48.8 Å². The fraction of sp³-hybridized carbons (Fsp3) is 0.105. The Bertz CT molecular complexity index is 1350. The summed E-state index contributed by atoms with van der Waals surface area (Å²) in [6.45, 7) is 0. The molecule has 0 amide bonds. The maximum absolute atomic E-state index is 12.4. The number of carboxylic acid groups (broad SMARTS) is 1. The second kappa shape index (κ2) is 5.97. The Labute approximate surface area is 154 Å². The highest BCUT2D eigenvalue weighted by Crippen LogP contribution is 2.28. The molecule has 1 aromatic heterocycles. The Morgan fingerprint density at radius 3 is 2.41 bits per heavy atom. The molecule has 3 aromatic carbocycles. The molecule has 4 aromatic rings. The van der Waals surface area contributed by atoms with Crippen LogP contribution in [0.25, 0.3) is 32.8 Å². The van der Waals surface area contributed by atoms with Crippen LogP contribution in [0.5, 0.6) is 0 Å². The number of aromatic nitrogens is 2. The number of carbonyl (C=O) groups is 1. The van der Waals surface area contributed by atoms with Crippen molar-refractivity contribution in [3.05, 3.63) is 54.1 Å². The van der Waals surface area contributed by atoms with Crippen LogP contribution >= 0.6 is 0 Å². The van der Waals surface area contributed by atoms with Crippen LogP contribution in [0.3, 0.4) is 0 Å². The van der Waals surface area contributed by atoms with Crippen LogP contribution in [0.2, 0.25) is 0 Å². The number of aromatic carboxylic acids is 1. The number of rotatable bonds is 3. The van der Waals surface area contributed by atoms with Crippen LogP contribution < -0.4 is 0 Å². The molecular formula is C19H15N3O4S. The van der Waals surface area contributed by atoms with E-state index in [4.69, 9.17) is 0 Å². The van der Waals surface area contributed by atoms with E-state index in [2.05, 4.69) is 9.97 Å². The number of fused-ring (bicyclic) bond motifs is 4. The fourth-order valence-electron chi connectivity index (χ4n) is 3.01. The van der Waals surface area contributed by atoms with Gasteiger partial charge in [-0.25, -0.2) is 27.5 Å². The summed E-state index contributed by atoms with van der Waals surface area (Å²) in [6.07, 6.45) is 0. The van der Waals surface area contributed by atoms with Crippen molar-refractivity contribution in [2.45, 2.75) is 4.90 Å². The maximum atomic E-state index is 12.4. The van der Waals surface area contributed by atoms with E-state index < -0.39 is 16.0 Å². The smallest absolute Gasteiger partial charge is 0.337 e. The SMILES string of the molecule is CN(C)S(=O)(=O)c1ccc2c(ccc3nc4cccc(C(=O)O)c4nc32)c1. The first-order valence-corrected chi connectivity index (χ1v) is 9.52. The molecule has 0 saturated heterocycles. The van der Waals surface area contributed by atoms with Gasteiger partial charge in [-0.2, -0.15) is 0 Å². The lowest BCUT2D eigenvalue weighted by atomic mass is 10.1. The Morgan fingerprint density at radius 2 is 1.70 bits per heavy atom. The van der Waals surface area contributed by atoms with Crippen molar-refractivity contribution in [3.8, 4) is 0 Å². The van der Waals surface area contributed by atoms with Gasteiger partial charge in [0.1, 0.15) is 5.52 Å². The van der Waals surface area contributed by atoms with Crippen molar-refractivity contribution in [2.75, 3.05) is 14.1 Å². The van der Waals surface area contributed by atoms with E-state index in [1.807, 2.05) is 0 Å². The molecule has 0 aliphatic rings. The van der Waals surface area contributed by atoms with Gasteiger partial charge in [0.05, 0.1) is 27.0 Å². The van der Waals surface area contributed by atoms with Crippen molar-refractivity contribution in [1.29, 1.82) is 0 Å². The molecule has 4 rings (SSSR count). The fourth-order valence-corrected chi connectivity index (χ4v) is 3.95. The third kappa shape index (κ3) is 2.70. The molecule has 1 N–H and O–H groups in total. The van der Waals surface area contributed by atoms with Gasteiger partial charge in [0.25, 0.3) is 0 Å². The quantitative estimate of drug-likeness (QED) is 0.433. The molecule has 0 bridgehead atoms. The molecule has 0 atom stereocenters. The molecule has 0 saturated carbocycles. The standard InChI is InChI=1S/C19H15N3O4S/c1-22(2)27(25,26)12-7-8-13-11(10-12)6-9-16-17(13)21-18-14(19(23)24)4-3-5-15(18)20-16/h3-10H,1-2H3,(H,23,24). The van der Waals surface area contributed by atoms with Gasteiger partial charge in [-0.05, 0) is 35.7 Å². The summed E-state index contributed by atoms with van der Waals surface area (Å²) in [5.41, 5.74) is 2.01. The minimum absolute atomic E-state index is 0.0747. The van der Waals surface area contributed by atoms with Gasteiger partial charge in [0.15, 0.2) is 0 Å². The molecule has 0 fully saturated rings. The molecule has 8 heteroatoms. The minimum atomic E-state index is -3.55. The largest absolute Gasteiger partial charge is 0.478 e. The van der Waals surface area contributed by atoms with Crippen LogP contribution in [0.1, 0.15) is 10.4 Å². The third-order valence-corrected chi connectivity index (χ3v) is 6.24. The topological polar surface area (TPSA) is 100 Å². The van der Waals surface area contributed by atoms with E-state index >= 15 is 0 Å². The van der Waals surface area contributed by atoms with Crippen molar-refractivity contribution in [1.82, 2.24) is 14.3 Å². The average Bonchev–Trinajstić information content (AvgIpc) is 2.65. The molecule has 0 spiro atoms. The highest BCUT2D eigenvalue weighted by atomic mass is 32.2. The summed E-state index contributed by atoms with van der Waals surface area (Å²) in [4.78, 5) is 20.7. The Kier molecular flexibility index (Phi) is 3.83. The van der Waals surface area contributed by atoms with Crippen LogP contribution in [0.15, 0.2) is 53.4 Å². The van der Waals surface area contributed by atoms with Crippen molar-refractivity contribution in [2.24, 2.45) is 0 Å². The van der Waals surface area contributed by atoms with E-state index in [9.17, 15) is 18.3 Å².